The topological polar surface area (TPSA) is 173 Å². The molecule has 4 rings (SSSR count). The Morgan fingerprint density at radius 1 is 1.55 bits per heavy atom. The second-order valence-electron chi connectivity index (χ2n) is 7.19. The number of halogens is 1. The van der Waals surface area contributed by atoms with Crippen LogP contribution in [0.5, 0.6) is 5.88 Å². The maximum absolute atomic E-state index is 15.9. The number of carbonyl (C=O) groups is 1. The van der Waals surface area contributed by atoms with Crippen molar-refractivity contribution in [2.45, 2.75) is 44.4 Å². The van der Waals surface area contributed by atoms with E-state index in [1.165, 1.54) is 17.8 Å². The smallest absolute Gasteiger partial charge is 0.406 e. The number of hydrogen-bond donors (Lipinski definition) is 3. The van der Waals surface area contributed by atoms with Crippen LogP contribution >= 0.6 is 7.75 Å². The molecule has 0 radical (unpaired) electrons. The van der Waals surface area contributed by atoms with Gasteiger partial charge in [0.15, 0.2) is 23.1 Å². The summed E-state index contributed by atoms with van der Waals surface area (Å²) < 4.78 is 52.0. The lowest BCUT2D eigenvalue weighted by Gasteiger charge is -2.34. The molecule has 0 unspecified atom stereocenters. The lowest BCUT2D eigenvalue weighted by Crippen LogP contribution is -2.46. The van der Waals surface area contributed by atoms with Crippen LogP contribution in [0.25, 0.3) is 11.2 Å². The summed E-state index contributed by atoms with van der Waals surface area (Å²) in [6, 6.07) is 0. The van der Waals surface area contributed by atoms with Crippen LogP contribution in [0.3, 0.4) is 0 Å². The number of nitrogen functional groups attached to an aromatic ring is 1. The number of nitrogens with two attached hydrogens (primary N) is 1. The monoisotopic (exact) mass is 460 g/mol. The Morgan fingerprint density at radius 2 is 2.32 bits per heavy atom. The molecule has 0 spiro atoms. The maximum atomic E-state index is 15.9. The van der Waals surface area contributed by atoms with Crippen molar-refractivity contribution >= 4 is 30.8 Å². The summed E-state index contributed by atoms with van der Waals surface area (Å²) in [5, 5.41) is 11.2. The first-order chi connectivity index (χ1) is 14.6. The highest BCUT2D eigenvalue weighted by Gasteiger charge is 2.61. The molecule has 0 aromatic carbocycles. The Balaban J connectivity index is 1.61. The molecule has 2 aliphatic heterocycles. The van der Waals surface area contributed by atoms with Gasteiger partial charge in [-0.3, -0.25) is 18.4 Å². The zero-order chi connectivity index (χ0) is 22.4. The molecular formula is C16H22FN6O7P. The second-order valence-corrected chi connectivity index (χ2v) is 8.97. The highest BCUT2D eigenvalue weighted by atomic mass is 31.2. The lowest BCUT2D eigenvalue weighted by molar-refractivity contribution is -0.136. The molecule has 2 fully saturated rings. The van der Waals surface area contributed by atoms with Gasteiger partial charge in [-0.05, 0) is 13.8 Å². The largest absolute Gasteiger partial charge is 0.481 e. The van der Waals surface area contributed by atoms with Gasteiger partial charge in [-0.1, -0.05) is 0 Å². The summed E-state index contributed by atoms with van der Waals surface area (Å²) in [5.74, 6) is -1.01. The number of imidazole rings is 1. The Hall–Kier alpha value is -2.38. The SMILES string of the molecule is CCOc1nc(N)nc2c1ncn2[C@@H]1O[C@@H]2CO[P@](=O)(NCCC(=O)O)O[C@H]2[C@@]1(C)F. The molecule has 2 saturated heterocycles. The van der Waals surface area contributed by atoms with Crippen LogP contribution in [0, 0.1) is 0 Å². The minimum atomic E-state index is -3.92. The number of anilines is 1. The highest BCUT2D eigenvalue weighted by Crippen LogP contribution is 2.56. The first-order valence-electron chi connectivity index (χ1n) is 9.51. The molecule has 31 heavy (non-hydrogen) atoms. The first kappa shape index (κ1) is 21.8. The number of alkyl halides is 1. The van der Waals surface area contributed by atoms with Crippen molar-refractivity contribution in [3.63, 3.8) is 0 Å². The zero-order valence-electron chi connectivity index (χ0n) is 16.7. The van der Waals surface area contributed by atoms with E-state index < -0.39 is 37.8 Å². The normalized spacial score (nSPS) is 32.8. The minimum absolute atomic E-state index is 0.0830. The fraction of sp³-hybridized carbons (Fsp3) is 0.625. The van der Waals surface area contributed by atoms with Crippen molar-refractivity contribution in [1.82, 2.24) is 24.6 Å². The third-order valence-electron chi connectivity index (χ3n) is 4.93. The quantitative estimate of drug-likeness (QED) is 0.501. The second kappa shape index (κ2) is 7.95. The molecular weight excluding hydrogens is 438 g/mol. The molecule has 0 aliphatic carbocycles. The fourth-order valence-corrected chi connectivity index (χ4v) is 5.16. The maximum Gasteiger partial charge on any atom is 0.406 e. The Morgan fingerprint density at radius 3 is 3.03 bits per heavy atom. The van der Waals surface area contributed by atoms with Crippen molar-refractivity contribution in [2.75, 3.05) is 25.5 Å². The minimum Gasteiger partial charge on any atom is -0.481 e. The van der Waals surface area contributed by atoms with Gasteiger partial charge in [-0.15, -0.1) is 0 Å². The molecule has 2 aromatic heterocycles. The van der Waals surface area contributed by atoms with Crippen LogP contribution in [0.4, 0.5) is 10.3 Å². The molecule has 170 valence electrons. The molecule has 2 aliphatic rings. The van der Waals surface area contributed by atoms with Gasteiger partial charge >= 0.3 is 13.7 Å². The van der Waals surface area contributed by atoms with Gasteiger partial charge in [0.1, 0.15) is 12.2 Å². The summed E-state index contributed by atoms with van der Waals surface area (Å²) in [6.07, 6.45) is -2.34. The average molecular weight is 460 g/mol. The van der Waals surface area contributed by atoms with E-state index >= 15 is 4.39 Å². The standard InChI is InChI=1S/C16H22FN6O7P/c1-3-27-13-10-12(21-15(18)22-13)23(7-19-10)14-16(2,17)11-8(29-14)6-28-31(26,30-11)20-5-4-9(24)25/h7-8,11,14H,3-6H2,1-2H3,(H,20,26)(H,24,25)(H2,18,21,22)/t8-,11-,14-,16-,31-/m1/s1. The molecule has 0 bridgehead atoms. The van der Waals surface area contributed by atoms with Crippen molar-refractivity contribution in [3.05, 3.63) is 6.33 Å². The van der Waals surface area contributed by atoms with Crippen LogP contribution < -0.4 is 15.6 Å². The lowest BCUT2D eigenvalue weighted by atomic mass is 9.98. The molecule has 4 heterocycles. The number of carboxylic acids is 1. The number of rotatable bonds is 7. The van der Waals surface area contributed by atoms with E-state index in [9.17, 15) is 9.36 Å². The van der Waals surface area contributed by atoms with E-state index in [2.05, 4.69) is 20.0 Å². The van der Waals surface area contributed by atoms with Crippen LogP contribution in [0.2, 0.25) is 0 Å². The van der Waals surface area contributed by atoms with Gasteiger partial charge in [0, 0.05) is 6.54 Å². The van der Waals surface area contributed by atoms with Gasteiger partial charge in [-0.2, -0.15) is 9.97 Å². The number of aromatic nitrogens is 4. The first-order valence-corrected chi connectivity index (χ1v) is 11.1. The number of hydrogen-bond acceptors (Lipinski definition) is 10. The van der Waals surface area contributed by atoms with Gasteiger partial charge in [0.2, 0.25) is 11.8 Å². The Kier molecular flexibility index (Phi) is 5.60. The number of ether oxygens (including phenoxy) is 2. The van der Waals surface area contributed by atoms with E-state index in [1.807, 2.05) is 0 Å². The fourth-order valence-electron chi connectivity index (χ4n) is 3.56. The third-order valence-corrected chi connectivity index (χ3v) is 6.53. The summed E-state index contributed by atoms with van der Waals surface area (Å²) in [5.41, 5.74) is 4.07. The van der Waals surface area contributed by atoms with E-state index in [-0.39, 0.29) is 42.6 Å². The average Bonchev–Trinajstić information content (AvgIpc) is 3.20. The summed E-state index contributed by atoms with van der Waals surface area (Å²) in [4.78, 5) is 23.0. The van der Waals surface area contributed by atoms with Crippen LogP contribution in [-0.4, -0.2) is 68.2 Å². The molecule has 13 nitrogen and oxygen atoms in total. The molecule has 0 amide bonds. The van der Waals surface area contributed by atoms with Crippen molar-refractivity contribution in [2.24, 2.45) is 0 Å². The third kappa shape index (κ3) is 3.96. The predicted molar refractivity (Wildman–Crippen MR) is 103 cm³/mol. The number of carboxylic acid groups (broad SMARTS) is 1. The highest BCUT2D eigenvalue weighted by molar-refractivity contribution is 7.51. The van der Waals surface area contributed by atoms with Crippen molar-refractivity contribution in [1.29, 1.82) is 0 Å². The molecule has 5 atom stereocenters. The Bertz CT molecular complexity index is 1050. The van der Waals surface area contributed by atoms with E-state index in [1.54, 1.807) is 6.92 Å². The van der Waals surface area contributed by atoms with Gasteiger partial charge < -0.3 is 20.3 Å². The van der Waals surface area contributed by atoms with E-state index in [4.69, 9.17) is 29.4 Å². The number of nitrogens with one attached hydrogen (secondary N) is 1. The van der Waals surface area contributed by atoms with Gasteiger partial charge in [0.25, 0.3) is 0 Å². The molecule has 4 N–H and O–H groups in total. The van der Waals surface area contributed by atoms with E-state index in [0.29, 0.717) is 6.61 Å². The van der Waals surface area contributed by atoms with Crippen molar-refractivity contribution < 1.29 is 37.4 Å². The number of nitrogens with zero attached hydrogens (tertiary/aromatic N) is 4. The Labute approximate surface area is 175 Å². The summed E-state index contributed by atoms with van der Waals surface area (Å²) >= 11 is 0. The molecule has 0 saturated carbocycles. The molecule has 15 heteroatoms. The van der Waals surface area contributed by atoms with E-state index in [0.717, 1.165) is 0 Å². The predicted octanol–water partition coefficient (Wildman–Crippen LogP) is 1.02. The number of fused-ring (bicyclic) bond motifs is 2. The summed E-state index contributed by atoms with van der Waals surface area (Å²) in [7, 11) is -3.92. The zero-order valence-corrected chi connectivity index (χ0v) is 17.6. The molecule has 2 aromatic rings. The number of aliphatic carboxylic acids is 1. The van der Waals surface area contributed by atoms with Gasteiger partial charge in [-0.25, -0.2) is 19.0 Å². The van der Waals surface area contributed by atoms with Crippen molar-refractivity contribution in [3.8, 4) is 5.88 Å². The van der Waals surface area contributed by atoms with Crippen LogP contribution in [0.15, 0.2) is 6.33 Å². The van der Waals surface area contributed by atoms with Crippen LogP contribution in [-0.2, 0) is 23.1 Å². The summed E-state index contributed by atoms with van der Waals surface area (Å²) in [6.45, 7) is 2.95. The van der Waals surface area contributed by atoms with Gasteiger partial charge in [0.05, 0.1) is 26.0 Å². The van der Waals surface area contributed by atoms with Crippen LogP contribution in [0.1, 0.15) is 26.5 Å².